The molecule has 0 saturated heterocycles. The van der Waals surface area contributed by atoms with Crippen molar-refractivity contribution in [3.63, 3.8) is 0 Å². The smallest absolute Gasteiger partial charge is 0.221 e. The van der Waals surface area contributed by atoms with Gasteiger partial charge in [0, 0.05) is 31.1 Å². The molecule has 0 heterocycles. The molecule has 1 unspecified atom stereocenters. The normalized spacial score (nSPS) is 17.9. The van der Waals surface area contributed by atoms with Crippen LogP contribution >= 0.6 is 11.6 Å². The third kappa shape index (κ3) is 3.20. The van der Waals surface area contributed by atoms with Crippen molar-refractivity contribution in [2.24, 2.45) is 0 Å². The minimum Gasteiger partial charge on any atom is -0.359 e. The van der Waals surface area contributed by atoms with Gasteiger partial charge in [0.1, 0.15) is 0 Å². The molecule has 1 atom stereocenters. The van der Waals surface area contributed by atoms with Crippen LogP contribution in [0, 0.1) is 0 Å². The number of fused-ring (bicyclic) bond motifs is 1. The van der Waals surface area contributed by atoms with Crippen molar-refractivity contribution in [1.82, 2.24) is 10.6 Å². The molecule has 17 heavy (non-hydrogen) atoms. The van der Waals surface area contributed by atoms with Gasteiger partial charge in [0.05, 0.1) is 0 Å². The number of halogens is 1. The summed E-state index contributed by atoms with van der Waals surface area (Å²) in [6.07, 6.45) is 2.56. The number of amides is 1. The summed E-state index contributed by atoms with van der Waals surface area (Å²) >= 11 is 5.96. The molecule has 0 spiro atoms. The van der Waals surface area contributed by atoms with E-state index in [1.165, 1.54) is 11.1 Å². The molecule has 0 bridgehead atoms. The first-order valence-electron chi connectivity index (χ1n) is 5.90. The van der Waals surface area contributed by atoms with Crippen LogP contribution < -0.4 is 10.6 Å². The van der Waals surface area contributed by atoms with E-state index in [0.717, 1.165) is 24.4 Å². The van der Waals surface area contributed by atoms with Crippen LogP contribution in [-0.2, 0) is 17.6 Å². The average molecular weight is 253 g/mol. The van der Waals surface area contributed by atoms with E-state index >= 15 is 0 Å². The fourth-order valence-electron chi connectivity index (χ4n) is 2.25. The number of hydrogen-bond donors (Lipinski definition) is 2. The molecule has 1 amide bonds. The van der Waals surface area contributed by atoms with Gasteiger partial charge in [-0.25, -0.2) is 0 Å². The van der Waals surface area contributed by atoms with Crippen LogP contribution in [0.4, 0.5) is 0 Å². The van der Waals surface area contributed by atoms with Crippen molar-refractivity contribution in [3.05, 3.63) is 34.3 Å². The van der Waals surface area contributed by atoms with Crippen molar-refractivity contribution in [1.29, 1.82) is 0 Å². The Hall–Kier alpha value is -1.06. The number of nitrogens with one attached hydrogen (secondary N) is 2. The second kappa shape index (κ2) is 5.52. The van der Waals surface area contributed by atoms with Crippen LogP contribution in [0.5, 0.6) is 0 Å². The zero-order valence-electron chi connectivity index (χ0n) is 9.92. The van der Waals surface area contributed by atoms with E-state index in [1.54, 1.807) is 7.05 Å². The highest BCUT2D eigenvalue weighted by Crippen LogP contribution is 2.25. The number of benzene rings is 1. The van der Waals surface area contributed by atoms with Crippen molar-refractivity contribution in [3.8, 4) is 0 Å². The van der Waals surface area contributed by atoms with Gasteiger partial charge in [-0.3, -0.25) is 4.79 Å². The Morgan fingerprint density at radius 3 is 2.94 bits per heavy atom. The lowest BCUT2D eigenvalue weighted by molar-refractivity contribution is -0.120. The molecule has 1 aliphatic rings. The number of carbonyl (C=O) groups is 1. The number of hydrogen-bond acceptors (Lipinski definition) is 2. The summed E-state index contributed by atoms with van der Waals surface area (Å²) < 4.78 is 0. The third-order valence-electron chi connectivity index (χ3n) is 3.16. The first kappa shape index (κ1) is 12.4. The summed E-state index contributed by atoms with van der Waals surface area (Å²) in [6, 6.07) is 6.51. The molecule has 0 radical (unpaired) electrons. The average Bonchev–Trinajstić information content (AvgIpc) is 2.70. The topological polar surface area (TPSA) is 41.1 Å². The molecule has 1 aromatic carbocycles. The molecule has 4 heteroatoms. The van der Waals surface area contributed by atoms with Crippen LogP contribution in [0.25, 0.3) is 0 Å². The molecular weight excluding hydrogens is 236 g/mol. The van der Waals surface area contributed by atoms with Gasteiger partial charge in [-0.05, 0) is 36.1 Å². The molecule has 0 saturated carbocycles. The standard InChI is InChI=1S/C13H17ClN2O/c1-15-13(17)4-5-16-12-7-9-2-3-11(14)6-10(9)8-12/h2-3,6,12,16H,4-5,7-8H2,1H3,(H,15,17). The second-order valence-electron chi connectivity index (χ2n) is 4.40. The van der Waals surface area contributed by atoms with Crippen LogP contribution in [0.1, 0.15) is 17.5 Å². The third-order valence-corrected chi connectivity index (χ3v) is 3.40. The van der Waals surface area contributed by atoms with Gasteiger partial charge in [-0.1, -0.05) is 17.7 Å². The van der Waals surface area contributed by atoms with Gasteiger partial charge in [0.15, 0.2) is 0 Å². The van der Waals surface area contributed by atoms with E-state index in [0.29, 0.717) is 12.5 Å². The lowest BCUT2D eigenvalue weighted by atomic mass is 10.1. The Kier molecular flexibility index (Phi) is 4.02. The van der Waals surface area contributed by atoms with Gasteiger partial charge in [0.25, 0.3) is 0 Å². The fraction of sp³-hybridized carbons (Fsp3) is 0.462. The van der Waals surface area contributed by atoms with E-state index in [1.807, 2.05) is 12.1 Å². The van der Waals surface area contributed by atoms with Crippen molar-refractivity contribution in [2.75, 3.05) is 13.6 Å². The summed E-state index contributed by atoms with van der Waals surface area (Å²) in [7, 11) is 1.66. The van der Waals surface area contributed by atoms with Crippen LogP contribution in [0.15, 0.2) is 18.2 Å². The molecule has 1 aromatic rings. The van der Waals surface area contributed by atoms with E-state index in [-0.39, 0.29) is 5.91 Å². The van der Waals surface area contributed by atoms with Gasteiger partial charge in [-0.15, -0.1) is 0 Å². The monoisotopic (exact) mass is 252 g/mol. The molecule has 92 valence electrons. The Labute approximate surface area is 107 Å². The van der Waals surface area contributed by atoms with E-state index in [9.17, 15) is 4.79 Å². The molecule has 2 N–H and O–H groups in total. The van der Waals surface area contributed by atoms with Gasteiger partial charge >= 0.3 is 0 Å². The summed E-state index contributed by atoms with van der Waals surface area (Å²) in [5.41, 5.74) is 2.70. The molecule has 0 aromatic heterocycles. The fourth-order valence-corrected chi connectivity index (χ4v) is 2.44. The second-order valence-corrected chi connectivity index (χ2v) is 4.83. The van der Waals surface area contributed by atoms with Gasteiger partial charge in [-0.2, -0.15) is 0 Å². The molecule has 1 aliphatic carbocycles. The van der Waals surface area contributed by atoms with Crippen molar-refractivity contribution >= 4 is 17.5 Å². The Morgan fingerprint density at radius 2 is 2.18 bits per heavy atom. The van der Waals surface area contributed by atoms with E-state index in [2.05, 4.69) is 16.7 Å². The quantitative estimate of drug-likeness (QED) is 0.854. The van der Waals surface area contributed by atoms with E-state index in [4.69, 9.17) is 11.6 Å². The van der Waals surface area contributed by atoms with Crippen LogP contribution in [-0.4, -0.2) is 25.5 Å². The lowest BCUT2D eigenvalue weighted by Gasteiger charge is -2.10. The molecule has 2 rings (SSSR count). The summed E-state index contributed by atoms with van der Waals surface area (Å²) in [4.78, 5) is 11.1. The Bertz CT molecular complexity index is 420. The maximum absolute atomic E-state index is 11.1. The molecule has 3 nitrogen and oxygen atoms in total. The highest BCUT2D eigenvalue weighted by Gasteiger charge is 2.20. The van der Waals surface area contributed by atoms with Gasteiger partial charge < -0.3 is 10.6 Å². The largest absolute Gasteiger partial charge is 0.359 e. The van der Waals surface area contributed by atoms with E-state index < -0.39 is 0 Å². The zero-order valence-corrected chi connectivity index (χ0v) is 10.7. The highest BCUT2D eigenvalue weighted by atomic mass is 35.5. The first-order chi connectivity index (χ1) is 8.19. The predicted molar refractivity (Wildman–Crippen MR) is 69.3 cm³/mol. The molecular formula is C13H17ClN2O. The SMILES string of the molecule is CNC(=O)CCNC1Cc2ccc(Cl)cc2C1. The lowest BCUT2D eigenvalue weighted by Crippen LogP contribution is -2.33. The maximum atomic E-state index is 11.1. The molecule has 0 fully saturated rings. The van der Waals surface area contributed by atoms with Crippen molar-refractivity contribution in [2.45, 2.75) is 25.3 Å². The van der Waals surface area contributed by atoms with Crippen LogP contribution in [0.3, 0.4) is 0 Å². The predicted octanol–water partition coefficient (Wildman–Crippen LogP) is 1.53. The van der Waals surface area contributed by atoms with Gasteiger partial charge in [0.2, 0.25) is 5.91 Å². The summed E-state index contributed by atoms with van der Waals surface area (Å²) in [6.45, 7) is 0.728. The summed E-state index contributed by atoms with van der Waals surface area (Å²) in [5.74, 6) is 0.0797. The number of carbonyl (C=O) groups excluding carboxylic acids is 1. The Balaban J connectivity index is 1.82. The minimum atomic E-state index is 0.0797. The Morgan fingerprint density at radius 1 is 1.41 bits per heavy atom. The number of rotatable bonds is 4. The summed E-state index contributed by atoms with van der Waals surface area (Å²) in [5, 5.41) is 6.83. The minimum absolute atomic E-state index is 0.0797. The zero-order chi connectivity index (χ0) is 12.3. The molecule has 0 aliphatic heterocycles. The first-order valence-corrected chi connectivity index (χ1v) is 6.28. The van der Waals surface area contributed by atoms with Crippen molar-refractivity contribution < 1.29 is 4.79 Å². The highest BCUT2D eigenvalue weighted by molar-refractivity contribution is 6.30. The maximum Gasteiger partial charge on any atom is 0.221 e. The van der Waals surface area contributed by atoms with Crippen LogP contribution in [0.2, 0.25) is 5.02 Å².